The first kappa shape index (κ1) is 17.3. The van der Waals surface area contributed by atoms with Gasteiger partial charge in [-0.2, -0.15) is 0 Å². The van der Waals surface area contributed by atoms with E-state index >= 15 is 0 Å². The van der Waals surface area contributed by atoms with Crippen molar-refractivity contribution in [1.82, 2.24) is 4.90 Å². The number of nitrogens with zero attached hydrogens (tertiary/aromatic N) is 1. The highest BCUT2D eigenvalue weighted by Crippen LogP contribution is 2.38. The van der Waals surface area contributed by atoms with Crippen molar-refractivity contribution in [3.63, 3.8) is 0 Å². The summed E-state index contributed by atoms with van der Waals surface area (Å²) in [5.41, 5.74) is 0.947. The molecule has 1 saturated carbocycles. The fraction of sp³-hybridized carbons (Fsp3) is 0.579. The molecule has 1 aliphatic carbocycles. The van der Waals surface area contributed by atoms with Crippen LogP contribution in [0.3, 0.4) is 0 Å². The number of piperidine rings is 1. The van der Waals surface area contributed by atoms with Gasteiger partial charge in [0.05, 0.1) is 11.9 Å². The number of alkyl halides is 1. The van der Waals surface area contributed by atoms with Gasteiger partial charge in [-0.05, 0) is 37.2 Å². The molecular formula is C19H24ClNO3. The second-order valence-electron chi connectivity index (χ2n) is 6.75. The van der Waals surface area contributed by atoms with Gasteiger partial charge in [-0.25, -0.2) is 4.79 Å². The molecule has 3 rings (SSSR count). The number of ketones is 1. The number of fused-ring (bicyclic) bond motifs is 1. The van der Waals surface area contributed by atoms with Crippen molar-refractivity contribution in [3.8, 4) is 0 Å². The summed E-state index contributed by atoms with van der Waals surface area (Å²) in [4.78, 5) is 26.7. The number of carbonyl (C=O) groups excluding carboxylic acids is 2. The molecular weight excluding hydrogens is 326 g/mol. The molecule has 4 nitrogen and oxygen atoms in total. The van der Waals surface area contributed by atoms with E-state index in [2.05, 4.69) is 0 Å². The third kappa shape index (κ3) is 3.75. The Hall–Kier alpha value is -1.55. The van der Waals surface area contributed by atoms with Gasteiger partial charge >= 0.3 is 6.09 Å². The van der Waals surface area contributed by atoms with E-state index in [1.165, 1.54) is 6.42 Å². The van der Waals surface area contributed by atoms with Crippen LogP contribution in [-0.4, -0.2) is 34.7 Å². The van der Waals surface area contributed by atoms with E-state index in [9.17, 15) is 9.59 Å². The minimum atomic E-state index is -0.426. The standard InChI is InChI=1S/C19H24ClNO3/c20-12-18(22)17-11-10-15-8-4-5-9-16(15)21(17)19(23)24-13-14-6-2-1-3-7-14/h1-3,6-7,15-17H,4-5,8-13H2. The SMILES string of the molecule is O=C(CCl)C1CCC2CCCCC2N1C(=O)OCc1ccccc1. The molecule has 0 aromatic heterocycles. The topological polar surface area (TPSA) is 46.6 Å². The molecule has 1 aromatic carbocycles. The quantitative estimate of drug-likeness (QED) is 0.767. The van der Waals surface area contributed by atoms with Gasteiger partial charge in [0.25, 0.3) is 0 Å². The van der Waals surface area contributed by atoms with Crippen LogP contribution >= 0.6 is 11.6 Å². The van der Waals surface area contributed by atoms with Gasteiger partial charge in [-0.3, -0.25) is 9.69 Å². The normalized spacial score (nSPS) is 26.5. The molecule has 0 N–H and O–H groups in total. The first-order chi connectivity index (χ1) is 11.7. The van der Waals surface area contributed by atoms with Crippen molar-refractivity contribution in [3.05, 3.63) is 35.9 Å². The third-order valence-electron chi connectivity index (χ3n) is 5.29. The molecule has 1 saturated heterocycles. The van der Waals surface area contributed by atoms with E-state index in [4.69, 9.17) is 16.3 Å². The van der Waals surface area contributed by atoms with Gasteiger partial charge in [0.1, 0.15) is 6.61 Å². The van der Waals surface area contributed by atoms with Crippen LogP contribution in [0, 0.1) is 5.92 Å². The number of carbonyl (C=O) groups is 2. The molecule has 1 aromatic rings. The molecule has 3 unspecified atom stereocenters. The summed E-state index contributed by atoms with van der Waals surface area (Å²) in [6.45, 7) is 0.231. The van der Waals surface area contributed by atoms with Crippen molar-refractivity contribution in [2.24, 2.45) is 5.92 Å². The van der Waals surface area contributed by atoms with Crippen LogP contribution in [0.25, 0.3) is 0 Å². The number of Topliss-reactive ketones (excluding diaryl/α,β-unsaturated/α-hetero) is 1. The fourth-order valence-electron chi connectivity index (χ4n) is 4.09. The molecule has 3 atom stereocenters. The molecule has 1 amide bonds. The largest absolute Gasteiger partial charge is 0.445 e. The highest BCUT2D eigenvalue weighted by molar-refractivity contribution is 6.28. The van der Waals surface area contributed by atoms with E-state index < -0.39 is 6.04 Å². The van der Waals surface area contributed by atoms with Crippen LogP contribution in [0.1, 0.15) is 44.1 Å². The van der Waals surface area contributed by atoms with E-state index in [-0.39, 0.29) is 30.4 Å². The van der Waals surface area contributed by atoms with Crippen molar-refractivity contribution < 1.29 is 14.3 Å². The Bertz CT molecular complexity index is 577. The van der Waals surface area contributed by atoms with Crippen LogP contribution in [0.5, 0.6) is 0 Å². The predicted molar refractivity (Wildman–Crippen MR) is 93.0 cm³/mol. The lowest BCUT2D eigenvalue weighted by atomic mass is 9.76. The average Bonchev–Trinajstić information content (AvgIpc) is 2.65. The lowest BCUT2D eigenvalue weighted by molar-refractivity contribution is -0.125. The highest BCUT2D eigenvalue weighted by atomic mass is 35.5. The zero-order chi connectivity index (χ0) is 16.9. The number of hydrogen-bond acceptors (Lipinski definition) is 3. The minimum absolute atomic E-state index is 0.0511. The molecule has 1 heterocycles. The molecule has 2 aliphatic rings. The molecule has 1 aliphatic heterocycles. The van der Waals surface area contributed by atoms with Gasteiger partial charge < -0.3 is 4.74 Å². The Balaban J connectivity index is 1.73. The smallest absolute Gasteiger partial charge is 0.410 e. The summed E-state index contributed by atoms with van der Waals surface area (Å²) in [6, 6.07) is 9.31. The molecule has 5 heteroatoms. The summed E-state index contributed by atoms with van der Waals surface area (Å²) in [6.07, 6.45) is 5.73. The summed E-state index contributed by atoms with van der Waals surface area (Å²) >= 11 is 5.78. The van der Waals surface area contributed by atoms with Gasteiger partial charge in [-0.15, -0.1) is 11.6 Å². The Kier molecular flexibility index (Phi) is 5.77. The van der Waals surface area contributed by atoms with Crippen LogP contribution < -0.4 is 0 Å². The van der Waals surface area contributed by atoms with Crippen LogP contribution in [0.2, 0.25) is 0 Å². The zero-order valence-electron chi connectivity index (χ0n) is 13.8. The van der Waals surface area contributed by atoms with E-state index in [0.717, 1.165) is 31.2 Å². The van der Waals surface area contributed by atoms with E-state index in [1.54, 1.807) is 4.90 Å². The Labute approximate surface area is 148 Å². The second kappa shape index (κ2) is 8.02. The molecule has 2 fully saturated rings. The maximum atomic E-state index is 12.8. The number of halogens is 1. The first-order valence-electron chi connectivity index (χ1n) is 8.78. The summed E-state index contributed by atoms with van der Waals surface area (Å²) in [5.74, 6) is 0.365. The third-order valence-corrected chi connectivity index (χ3v) is 5.56. The number of rotatable bonds is 4. The van der Waals surface area contributed by atoms with Crippen molar-refractivity contribution in [2.75, 3.05) is 5.88 Å². The number of benzene rings is 1. The van der Waals surface area contributed by atoms with Gasteiger partial charge in [0, 0.05) is 6.04 Å². The molecule has 0 spiro atoms. The first-order valence-corrected chi connectivity index (χ1v) is 9.32. The Morgan fingerprint density at radius 2 is 1.83 bits per heavy atom. The Morgan fingerprint density at radius 3 is 2.58 bits per heavy atom. The van der Waals surface area contributed by atoms with Gasteiger partial charge in [-0.1, -0.05) is 43.2 Å². The maximum absolute atomic E-state index is 12.8. The number of amides is 1. The van der Waals surface area contributed by atoms with Crippen LogP contribution in [0.15, 0.2) is 30.3 Å². The van der Waals surface area contributed by atoms with Crippen molar-refractivity contribution >= 4 is 23.5 Å². The summed E-state index contributed by atoms with van der Waals surface area (Å²) in [7, 11) is 0. The fourth-order valence-corrected chi connectivity index (χ4v) is 4.27. The van der Waals surface area contributed by atoms with Gasteiger partial charge in [0.2, 0.25) is 0 Å². The predicted octanol–water partition coefficient (Wildman–Crippen LogP) is 4.15. The van der Waals surface area contributed by atoms with Crippen molar-refractivity contribution in [1.29, 1.82) is 0 Å². The zero-order valence-corrected chi connectivity index (χ0v) is 14.6. The molecule has 0 radical (unpaired) electrons. The highest BCUT2D eigenvalue weighted by Gasteiger charge is 2.44. The number of ether oxygens (including phenoxy) is 1. The number of hydrogen-bond donors (Lipinski definition) is 0. The lowest BCUT2D eigenvalue weighted by Gasteiger charge is -2.47. The van der Waals surface area contributed by atoms with Gasteiger partial charge in [0.15, 0.2) is 5.78 Å². The molecule has 0 bridgehead atoms. The second-order valence-corrected chi connectivity index (χ2v) is 7.02. The van der Waals surface area contributed by atoms with Crippen LogP contribution in [0.4, 0.5) is 4.79 Å². The minimum Gasteiger partial charge on any atom is -0.445 e. The molecule has 24 heavy (non-hydrogen) atoms. The summed E-state index contributed by atoms with van der Waals surface area (Å²) in [5, 5.41) is 0. The van der Waals surface area contributed by atoms with Crippen LogP contribution in [-0.2, 0) is 16.1 Å². The van der Waals surface area contributed by atoms with E-state index in [0.29, 0.717) is 12.3 Å². The molecule has 130 valence electrons. The average molecular weight is 350 g/mol. The summed E-state index contributed by atoms with van der Waals surface area (Å²) < 4.78 is 5.53. The maximum Gasteiger partial charge on any atom is 0.410 e. The monoisotopic (exact) mass is 349 g/mol. The van der Waals surface area contributed by atoms with E-state index in [1.807, 2.05) is 30.3 Å². The Morgan fingerprint density at radius 1 is 1.08 bits per heavy atom. The number of likely N-dealkylation sites (tertiary alicyclic amines) is 1. The van der Waals surface area contributed by atoms with Crippen molar-refractivity contribution in [2.45, 2.75) is 57.2 Å². The lowest BCUT2D eigenvalue weighted by Crippen LogP contribution is -2.57.